The van der Waals surface area contributed by atoms with Crippen LogP contribution in [0.1, 0.15) is 27.5 Å². The van der Waals surface area contributed by atoms with Crippen molar-refractivity contribution in [2.45, 2.75) is 12.5 Å². The summed E-state index contributed by atoms with van der Waals surface area (Å²) in [6.45, 7) is 0. The molecule has 0 unspecified atom stereocenters. The van der Waals surface area contributed by atoms with Crippen LogP contribution in [0.2, 0.25) is 0 Å². The van der Waals surface area contributed by atoms with Gasteiger partial charge in [-0.25, -0.2) is 0 Å². The molecule has 1 atom stereocenters. The Hall–Kier alpha value is -3.44. The number of nitrogens with two attached hydrogens (primary N) is 2. The van der Waals surface area contributed by atoms with Gasteiger partial charge in [0.2, 0.25) is 5.91 Å². The fourth-order valence-electron chi connectivity index (χ4n) is 3.30. The maximum atomic E-state index is 11.4. The molecule has 5 nitrogen and oxygen atoms in total. The van der Waals surface area contributed by atoms with E-state index in [1.807, 2.05) is 42.5 Å². The number of amides is 1. The van der Waals surface area contributed by atoms with E-state index in [9.17, 15) is 4.79 Å². The van der Waals surface area contributed by atoms with Gasteiger partial charge in [-0.05, 0) is 35.7 Å². The van der Waals surface area contributed by atoms with Crippen LogP contribution in [0.25, 0.3) is 22.2 Å². The van der Waals surface area contributed by atoms with Gasteiger partial charge >= 0.3 is 0 Å². The van der Waals surface area contributed by atoms with Gasteiger partial charge in [0, 0.05) is 22.6 Å². The highest BCUT2D eigenvalue weighted by atomic mass is 16.5. The molecule has 134 valence electrons. The zero-order chi connectivity index (χ0) is 18.8. The molecule has 4 rings (SSSR count). The first kappa shape index (κ1) is 17.0. The molecule has 0 saturated carbocycles. The Morgan fingerprint density at radius 1 is 1.00 bits per heavy atom. The maximum absolute atomic E-state index is 11.4. The molecule has 0 fully saturated rings. The van der Waals surface area contributed by atoms with Crippen molar-refractivity contribution in [2.75, 3.05) is 0 Å². The number of carbonyl (C=O) groups is 1. The third-order valence-corrected chi connectivity index (χ3v) is 4.67. The maximum Gasteiger partial charge on any atom is 0.248 e. The van der Waals surface area contributed by atoms with Crippen LogP contribution in [0.3, 0.4) is 0 Å². The minimum atomic E-state index is -0.500. The van der Waals surface area contributed by atoms with Gasteiger partial charge in [0.05, 0.1) is 0 Å². The number of hydrogen-bond acceptors (Lipinski definition) is 4. The Morgan fingerprint density at radius 2 is 1.74 bits per heavy atom. The molecular weight excluding hydrogens is 338 g/mol. The fourth-order valence-corrected chi connectivity index (χ4v) is 3.30. The molecule has 1 amide bonds. The van der Waals surface area contributed by atoms with Crippen LogP contribution in [0, 0.1) is 0 Å². The Balaban J connectivity index is 1.75. The van der Waals surface area contributed by atoms with Gasteiger partial charge in [-0.2, -0.15) is 0 Å². The van der Waals surface area contributed by atoms with E-state index in [1.54, 1.807) is 18.2 Å². The number of rotatable bonds is 5. The first-order chi connectivity index (χ1) is 13.1. The predicted molar refractivity (Wildman–Crippen MR) is 105 cm³/mol. The number of aromatic nitrogens is 1. The van der Waals surface area contributed by atoms with Gasteiger partial charge in [-0.3, -0.25) is 4.79 Å². The topological polar surface area (TPSA) is 95.1 Å². The number of nitrogens with zero attached hydrogens (tertiary/aromatic N) is 1. The quantitative estimate of drug-likeness (QED) is 0.567. The van der Waals surface area contributed by atoms with Crippen molar-refractivity contribution in [2.24, 2.45) is 11.5 Å². The summed E-state index contributed by atoms with van der Waals surface area (Å²) < 4.78 is 5.45. The first-order valence-electron chi connectivity index (χ1n) is 8.71. The highest BCUT2D eigenvalue weighted by molar-refractivity contribution is 5.99. The van der Waals surface area contributed by atoms with Crippen LogP contribution in [-0.4, -0.2) is 11.1 Å². The highest BCUT2D eigenvalue weighted by Gasteiger charge is 2.18. The van der Waals surface area contributed by atoms with E-state index in [1.165, 1.54) is 5.56 Å². The normalized spacial score (nSPS) is 12.2. The zero-order valence-electron chi connectivity index (χ0n) is 14.6. The summed E-state index contributed by atoms with van der Waals surface area (Å²) in [4.78, 5) is 11.4. The van der Waals surface area contributed by atoms with E-state index in [2.05, 4.69) is 17.3 Å². The first-order valence-corrected chi connectivity index (χ1v) is 8.71. The second kappa shape index (κ2) is 7.05. The van der Waals surface area contributed by atoms with E-state index in [-0.39, 0.29) is 6.04 Å². The van der Waals surface area contributed by atoms with Crippen LogP contribution >= 0.6 is 0 Å². The van der Waals surface area contributed by atoms with Crippen LogP contribution in [0.15, 0.2) is 77.3 Å². The van der Waals surface area contributed by atoms with Crippen LogP contribution in [-0.2, 0) is 6.42 Å². The fraction of sp³-hybridized carbons (Fsp3) is 0.0909. The lowest BCUT2D eigenvalue weighted by molar-refractivity contribution is 0.100. The third-order valence-electron chi connectivity index (χ3n) is 4.67. The molecule has 0 aliphatic rings. The van der Waals surface area contributed by atoms with Gasteiger partial charge in [0.1, 0.15) is 5.69 Å². The van der Waals surface area contributed by atoms with Gasteiger partial charge in [0.25, 0.3) is 0 Å². The number of primary amides is 1. The summed E-state index contributed by atoms with van der Waals surface area (Å²) in [6.07, 6.45) is 0.722. The molecule has 0 radical (unpaired) electrons. The Bertz CT molecular complexity index is 1100. The molecule has 0 aliphatic carbocycles. The van der Waals surface area contributed by atoms with Gasteiger partial charge in [0.15, 0.2) is 5.58 Å². The monoisotopic (exact) mass is 357 g/mol. The van der Waals surface area contributed by atoms with Crippen molar-refractivity contribution in [3.63, 3.8) is 0 Å². The van der Waals surface area contributed by atoms with Crippen molar-refractivity contribution in [1.29, 1.82) is 0 Å². The molecule has 4 aromatic rings. The summed E-state index contributed by atoms with van der Waals surface area (Å²) in [5, 5.41) is 5.05. The lowest BCUT2D eigenvalue weighted by Crippen LogP contribution is -2.14. The Labute approximate surface area is 156 Å². The van der Waals surface area contributed by atoms with Gasteiger partial charge < -0.3 is 16.0 Å². The van der Waals surface area contributed by atoms with Gasteiger partial charge in [-0.1, -0.05) is 59.8 Å². The van der Waals surface area contributed by atoms with E-state index >= 15 is 0 Å². The molecule has 1 aromatic heterocycles. The molecule has 27 heavy (non-hydrogen) atoms. The van der Waals surface area contributed by atoms with E-state index in [0.717, 1.165) is 22.9 Å². The van der Waals surface area contributed by atoms with Crippen molar-refractivity contribution >= 4 is 16.9 Å². The van der Waals surface area contributed by atoms with Crippen molar-refractivity contribution < 1.29 is 9.32 Å². The molecule has 1 heterocycles. The molecule has 0 aliphatic heterocycles. The number of carbonyl (C=O) groups excluding carboxylic acids is 1. The molecular formula is C22H19N3O2. The van der Waals surface area contributed by atoms with E-state index < -0.39 is 5.91 Å². The Kier molecular flexibility index (Phi) is 4.44. The molecule has 0 spiro atoms. The number of hydrogen-bond donors (Lipinski definition) is 2. The second-order valence-electron chi connectivity index (χ2n) is 6.49. The average molecular weight is 357 g/mol. The largest absolute Gasteiger partial charge is 0.366 e. The molecule has 5 heteroatoms. The van der Waals surface area contributed by atoms with E-state index in [0.29, 0.717) is 16.8 Å². The smallest absolute Gasteiger partial charge is 0.248 e. The van der Waals surface area contributed by atoms with Crippen LogP contribution in [0.4, 0.5) is 0 Å². The molecule has 0 bridgehead atoms. The minimum Gasteiger partial charge on any atom is -0.366 e. The summed E-state index contributed by atoms with van der Waals surface area (Å²) in [5.41, 5.74) is 16.6. The summed E-state index contributed by atoms with van der Waals surface area (Å²) in [6, 6.07) is 23.0. The van der Waals surface area contributed by atoms with Gasteiger partial charge in [-0.15, -0.1) is 0 Å². The summed E-state index contributed by atoms with van der Waals surface area (Å²) in [7, 11) is 0. The lowest BCUT2D eigenvalue weighted by Gasteiger charge is -2.15. The number of benzene rings is 3. The third kappa shape index (κ3) is 3.32. The number of fused-ring (bicyclic) bond motifs is 1. The summed E-state index contributed by atoms with van der Waals surface area (Å²) in [5.74, 6) is -0.500. The van der Waals surface area contributed by atoms with Crippen molar-refractivity contribution in [3.05, 3.63) is 89.5 Å². The molecule has 0 saturated heterocycles. The second-order valence-corrected chi connectivity index (χ2v) is 6.49. The van der Waals surface area contributed by atoms with Crippen LogP contribution in [0.5, 0.6) is 0 Å². The van der Waals surface area contributed by atoms with Crippen LogP contribution < -0.4 is 11.5 Å². The standard InChI is InChI=1S/C22H19N3O2/c23-19(12-14-6-2-1-3-7-14)16-8-4-5-9-17(16)21-18-11-10-15(22(24)26)13-20(18)27-25-21/h1-11,13,19H,12,23H2,(H2,24,26)/t19-/m0/s1. The highest BCUT2D eigenvalue weighted by Crippen LogP contribution is 2.33. The van der Waals surface area contributed by atoms with E-state index in [4.69, 9.17) is 16.0 Å². The van der Waals surface area contributed by atoms with Crippen molar-refractivity contribution in [3.8, 4) is 11.3 Å². The SMILES string of the molecule is NC(=O)c1ccc2c(-c3ccccc3[C@@H](N)Cc3ccccc3)noc2c1. The molecule has 3 aromatic carbocycles. The zero-order valence-corrected chi connectivity index (χ0v) is 14.6. The average Bonchev–Trinajstić information content (AvgIpc) is 3.11. The predicted octanol–water partition coefficient (Wildman–Crippen LogP) is 3.84. The van der Waals surface area contributed by atoms with Crippen molar-refractivity contribution in [1.82, 2.24) is 5.16 Å². The Morgan fingerprint density at radius 3 is 2.52 bits per heavy atom. The lowest BCUT2D eigenvalue weighted by atomic mass is 9.93. The summed E-state index contributed by atoms with van der Waals surface area (Å²) >= 11 is 0. The molecule has 4 N–H and O–H groups in total. The minimum absolute atomic E-state index is 0.180.